The van der Waals surface area contributed by atoms with E-state index in [2.05, 4.69) is 30.5 Å². The maximum absolute atomic E-state index is 13.2. The Kier molecular flexibility index (Phi) is 6.73. The van der Waals surface area contributed by atoms with Gasteiger partial charge in [-0.15, -0.1) is 12.4 Å². The second kappa shape index (κ2) is 8.94. The molecule has 162 valence electrons. The van der Waals surface area contributed by atoms with Crippen molar-refractivity contribution in [3.05, 3.63) is 63.6 Å². The Morgan fingerprint density at radius 2 is 1.90 bits per heavy atom. The molecule has 6 heteroatoms. The lowest BCUT2D eigenvalue weighted by Crippen LogP contribution is -2.54. The van der Waals surface area contributed by atoms with E-state index in [1.54, 1.807) is 10.8 Å². The molecule has 0 unspecified atom stereocenters. The Bertz CT molecular complexity index is 969. The number of pyridine rings is 1. The lowest BCUT2D eigenvalue weighted by atomic mass is 9.60. The van der Waals surface area contributed by atoms with Crippen molar-refractivity contribution in [1.82, 2.24) is 15.2 Å². The van der Waals surface area contributed by atoms with Gasteiger partial charge in [-0.2, -0.15) is 0 Å². The summed E-state index contributed by atoms with van der Waals surface area (Å²) in [5, 5.41) is 6.53. The van der Waals surface area contributed by atoms with E-state index < -0.39 is 0 Å². The molecule has 1 aliphatic heterocycles. The number of carbonyl (C=O) groups is 1. The third-order valence-corrected chi connectivity index (χ3v) is 6.70. The number of nitrogens with one attached hydrogen (secondary N) is 2. The lowest BCUT2D eigenvalue weighted by molar-refractivity contribution is 0.0422. The van der Waals surface area contributed by atoms with E-state index in [0.717, 1.165) is 37.2 Å². The van der Waals surface area contributed by atoms with Crippen molar-refractivity contribution in [2.24, 2.45) is 5.41 Å². The summed E-state index contributed by atoms with van der Waals surface area (Å²) in [4.78, 5) is 26.2. The van der Waals surface area contributed by atoms with Crippen LogP contribution in [0.4, 0.5) is 0 Å². The molecule has 2 N–H and O–H groups in total. The van der Waals surface area contributed by atoms with Crippen molar-refractivity contribution >= 4 is 18.3 Å². The molecule has 0 bridgehead atoms. The molecule has 2 aliphatic rings. The van der Waals surface area contributed by atoms with Gasteiger partial charge in [0, 0.05) is 17.9 Å². The van der Waals surface area contributed by atoms with Crippen molar-refractivity contribution in [2.75, 3.05) is 13.1 Å². The average Bonchev–Trinajstić information content (AvgIpc) is 2.68. The number of aryl methyl sites for hydroxylation is 1. The third kappa shape index (κ3) is 4.33. The number of nitrogens with zero attached hydrogens (tertiary/aromatic N) is 1. The highest BCUT2D eigenvalue weighted by atomic mass is 35.5. The second-order valence-electron chi connectivity index (χ2n) is 9.13. The van der Waals surface area contributed by atoms with Crippen LogP contribution in [0.25, 0.3) is 5.69 Å². The first kappa shape index (κ1) is 22.6. The van der Waals surface area contributed by atoms with Crippen LogP contribution in [0.5, 0.6) is 0 Å². The first-order valence-electron chi connectivity index (χ1n) is 10.7. The highest BCUT2D eigenvalue weighted by Gasteiger charge is 2.45. The van der Waals surface area contributed by atoms with Gasteiger partial charge >= 0.3 is 0 Å². The standard InChI is InChI=1S/C24H31N3O2.ClH/c1-16(2)18-5-4-6-20(13-18)27-12-7-17(3)21(23(27)29)22(28)26-19-14-24(15-19)8-10-25-11-9-24;/h4-7,12-13,16,19,25H,8-11,14-15H2,1-3H3,(H,26,28);1H. The Balaban J connectivity index is 0.00000256. The smallest absolute Gasteiger partial charge is 0.268 e. The third-order valence-electron chi connectivity index (χ3n) is 6.70. The number of rotatable bonds is 4. The van der Waals surface area contributed by atoms with Gasteiger partial charge in [-0.05, 0) is 86.4 Å². The van der Waals surface area contributed by atoms with Crippen LogP contribution >= 0.6 is 12.4 Å². The predicted molar refractivity (Wildman–Crippen MR) is 123 cm³/mol. The highest BCUT2D eigenvalue weighted by Crippen LogP contribution is 2.47. The molecular weight excluding hydrogens is 398 g/mol. The van der Waals surface area contributed by atoms with Gasteiger partial charge in [0.25, 0.3) is 11.5 Å². The van der Waals surface area contributed by atoms with E-state index >= 15 is 0 Å². The molecule has 4 rings (SSSR count). The fourth-order valence-electron chi connectivity index (χ4n) is 4.85. The van der Waals surface area contributed by atoms with Gasteiger partial charge in [-0.3, -0.25) is 14.2 Å². The van der Waals surface area contributed by atoms with Gasteiger partial charge in [0.05, 0.1) is 0 Å². The quantitative estimate of drug-likeness (QED) is 0.773. The summed E-state index contributed by atoms with van der Waals surface area (Å²) in [7, 11) is 0. The number of benzene rings is 1. The van der Waals surface area contributed by atoms with E-state index in [0.29, 0.717) is 11.3 Å². The van der Waals surface area contributed by atoms with Gasteiger partial charge in [0.1, 0.15) is 5.56 Å². The molecule has 2 aromatic rings. The second-order valence-corrected chi connectivity index (χ2v) is 9.13. The van der Waals surface area contributed by atoms with Crippen LogP contribution in [0.15, 0.2) is 41.3 Å². The number of hydrogen-bond donors (Lipinski definition) is 2. The van der Waals surface area contributed by atoms with Crippen LogP contribution < -0.4 is 16.2 Å². The minimum atomic E-state index is -0.251. The summed E-state index contributed by atoms with van der Waals surface area (Å²) in [5.41, 5.74) is 3.09. The van der Waals surface area contributed by atoms with Crippen molar-refractivity contribution in [3.63, 3.8) is 0 Å². The van der Waals surface area contributed by atoms with Crippen molar-refractivity contribution < 1.29 is 4.79 Å². The minimum Gasteiger partial charge on any atom is -0.349 e. The number of amides is 1. The molecule has 1 aromatic carbocycles. The molecule has 1 saturated carbocycles. The Labute approximate surface area is 184 Å². The van der Waals surface area contributed by atoms with Gasteiger partial charge in [-0.25, -0.2) is 0 Å². The average molecular weight is 430 g/mol. The summed E-state index contributed by atoms with van der Waals surface area (Å²) in [6.07, 6.45) is 6.18. The van der Waals surface area contributed by atoms with Crippen LogP contribution in [-0.4, -0.2) is 29.6 Å². The number of hydrogen-bond acceptors (Lipinski definition) is 3. The SMILES string of the molecule is Cc1ccn(-c2cccc(C(C)C)c2)c(=O)c1C(=O)NC1CC2(CCNCC2)C1.Cl. The van der Waals surface area contributed by atoms with Crippen LogP contribution in [0.3, 0.4) is 0 Å². The fourth-order valence-corrected chi connectivity index (χ4v) is 4.85. The van der Waals surface area contributed by atoms with Crippen molar-refractivity contribution in [3.8, 4) is 5.69 Å². The Hall–Kier alpha value is -2.11. The maximum atomic E-state index is 13.2. The zero-order chi connectivity index (χ0) is 20.6. The van der Waals surface area contributed by atoms with E-state index in [1.807, 2.05) is 31.2 Å². The number of aromatic nitrogens is 1. The molecule has 0 radical (unpaired) electrons. The number of halogens is 1. The maximum Gasteiger partial charge on any atom is 0.268 e. The normalized spacial score (nSPS) is 18.0. The van der Waals surface area contributed by atoms with E-state index in [4.69, 9.17) is 0 Å². The Morgan fingerprint density at radius 3 is 2.57 bits per heavy atom. The fraction of sp³-hybridized carbons (Fsp3) is 0.500. The Morgan fingerprint density at radius 1 is 1.20 bits per heavy atom. The molecule has 30 heavy (non-hydrogen) atoms. The first-order valence-corrected chi connectivity index (χ1v) is 10.7. The highest BCUT2D eigenvalue weighted by molar-refractivity contribution is 5.95. The summed E-state index contributed by atoms with van der Waals surface area (Å²) < 4.78 is 1.59. The summed E-state index contributed by atoms with van der Waals surface area (Å²) in [6.45, 7) is 8.23. The molecule has 1 spiro atoms. The molecule has 2 heterocycles. The molecule has 0 atom stereocenters. The van der Waals surface area contributed by atoms with Gasteiger partial charge in [-0.1, -0.05) is 26.0 Å². The molecule has 2 fully saturated rings. The lowest BCUT2D eigenvalue weighted by Gasteiger charge is -2.50. The van der Waals surface area contributed by atoms with Crippen LogP contribution in [0.1, 0.15) is 66.9 Å². The van der Waals surface area contributed by atoms with Crippen LogP contribution in [0.2, 0.25) is 0 Å². The van der Waals surface area contributed by atoms with Crippen LogP contribution in [-0.2, 0) is 0 Å². The summed E-state index contributed by atoms with van der Waals surface area (Å²) in [5.74, 6) is 0.135. The molecule has 1 amide bonds. The van der Waals surface area contributed by atoms with Crippen molar-refractivity contribution in [2.45, 2.75) is 58.4 Å². The van der Waals surface area contributed by atoms with Gasteiger partial charge < -0.3 is 10.6 Å². The topological polar surface area (TPSA) is 63.1 Å². The zero-order valence-corrected chi connectivity index (χ0v) is 18.8. The van der Waals surface area contributed by atoms with Gasteiger partial charge in [0.2, 0.25) is 0 Å². The largest absolute Gasteiger partial charge is 0.349 e. The molecular formula is C24H32ClN3O2. The number of piperidine rings is 1. The molecule has 1 saturated heterocycles. The van der Waals surface area contributed by atoms with E-state index in [9.17, 15) is 9.59 Å². The first-order chi connectivity index (χ1) is 13.9. The predicted octanol–water partition coefficient (Wildman–Crippen LogP) is 3.95. The zero-order valence-electron chi connectivity index (χ0n) is 18.0. The van der Waals surface area contributed by atoms with Gasteiger partial charge in [0.15, 0.2) is 0 Å². The monoisotopic (exact) mass is 429 g/mol. The summed E-state index contributed by atoms with van der Waals surface area (Å²) >= 11 is 0. The molecule has 1 aromatic heterocycles. The molecule has 5 nitrogen and oxygen atoms in total. The molecule has 1 aliphatic carbocycles. The summed E-state index contributed by atoms with van der Waals surface area (Å²) in [6, 6.07) is 10.00. The van der Waals surface area contributed by atoms with Crippen LogP contribution in [0, 0.1) is 12.3 Å². The van der Waals surface area contributed by atoms with Crippen molar-refractivity contribution in [1.29, 1.82) is 0 Å². The van der Waals surface area contributed by atoms with E-state index in [-0.39, 0.29) is 35.5 Å². The number of carbonyl (C=O) groups excluding carboxylic acids is 1. The minimum absolute atomic E-state index is 0. The van der Waals surface area contributed by atoms with E-state index in [1.165, 1.54) is 18.4 Å².